The highest BCUT2D eigenvalue weighted by Gasteiger charge is 2.23. The third kappa shape index (κ3) is 3.10. The molecular weight excluding hydrogens is 298 g/mol. The Bertz CT molecular complexity index is 639. The molecule has 22 heavy (non-hydrogen) atoms. The lowest BCUT2D eigenvalue weighted by Crippen LogP contribution is -2.26. The Kier molecular flexibility index (Phi) is 4.64. The molecule has 0 spiro atoms. The number of esters is 1. The van der Waals surface area contributed by atoms with Crippen molar-refractivity contribution >= 4 is 17.3 Å². The van der Waals surface area contributed by atoms with Gasteiger partial charge < -0.3 is 14.0 Å². The highest BCUT2D eigenvalue weighted by molar-refractivity contribution is 7.15. The van der Waals surface area contributed by atoms with Gasteiger partial charge in [-0.25, -0.2) is 4.79 Å². The number of thiophene rings is 1. The van der Waals surface area contributed by atoms with Gasteiger partial charge >= 0.3 is 5.97 Å². The first-order valence-corrected chi connectivity index (χ1v) is 8.50. The quantitative estimate of drug-likeness (QED) is 0.803. The van der Waals surface area contributed by atoms with Crippen molar-refractivity contribution in [1.29, 1.82) is 0 Å². The number of aromatic nitrogens is 1. The lowest BCUT2D eigenvalue weighted by atomic mass is 10.1. The number of hydrogen-bond donors (Lipinski definition) is 0. The Morgan fingerprint density at radius 3 is 2.82 bits per heavy atom. The second-order valence-corrected chi connectivity index (χ2v) is 6.84. The van der Waals surface area contributed by atoms with Crippen molar-refractivity contribution in [3.63, 3.8) is 0 Å². The Morgan fingerprint density at radius 1 is 1.36 bits per heavy atom. The molecule has 0 aromatic carbocycles. The minimum absolute atomic E-state index is 0.0489. The molecule has 1 aliphatic heterocycles. The van der Waals surface area contributed by atoms with Crippen LogP contribution in [0.3, 0.4) is 0 Å². The number of nitrogens with zero attached hydrogens (tertiary/aromatic N) is 1. The van der Waals surface area contributed by atoms with Gasteiger partial charge in [0.05, 0.1) is 11.7 Å². The number of ether oxygens (including phenoxy) is 2. The molecule has 1 fully saturated rings. The van der Waals surface area contributed by atoms with Crippen molar-refractivity contribution in [3.05, 3.63) is 40.5 Å². The molecule has 0 bridgehead atoms. The summed E-state index contributed by atoms with van der Waals surface area (Å²) in [6, 6.07) is 3.91. The van der Waals surface area contributed by atoms with Crippen molar-refractivity contribution in [1.82, 2.24) is 4.57 Å². The lowest BCUT2D eigenvalue weighted by molar-refractivity contribution is -0.0300. The highest BCUT2D eigenvalue weighted by Crippen LogP contribution is 2.31. The van der Waals surface area contributed by atoms with E-state index in [2.05, 4.69) is 0 Å². The van der Waals surface area contributed by atoms with Crippen LogP contribution in [0.5, 0.6) is 0 Å². The van der Waals surface area contributed by atoms with Crippen LogP contribution in [0.25, 0.3) is 5.00 Å². The molecule has 2 aromatic heterocycles. The van der Waals surface area contributed by atoms with Gasteiger partial charge in [0.2, 0.25) is 0 Å². The molecule has 0 aliphatic carbocycles. The summed E-state index contributed by atoms with van der Waals surface area (Å²) in [5.74, 6) is -0.250. The van der Waals surface area contributed by atoms with Crippen LogP contribution in [-0.4, -0.2) is 29.9 Å². The summed E-state index contributed by atoms with van der Waals surface area (Å²) < 4.78 is 13.1. The van der Waals surface area contributed by atoms with E-state index in [9.17, 15) is 4.79 Å². The zero-order chi connectivity index (χ0) is 15.5. The second-order valence-electron chi connectivity index (χ2n) is 5.64. The molecule has 0 radical (unpaired) electrons. The Morgan fingerprint density at radius 2 is 2.14 bits per heavy atom. The molecule has 5 heteroatoms. The number of rotatable bonds is 4. The molecular formula is C17H21NO3S. The Labute approximate surface area is 134 Å². The number of aryl methyl sites for hydroxylation is 1. The fraction of sp³-hybridized carbons (Fsp3) is 0.471. The van der Waals surface area contributed by atoms with Crippen LogP contribution in [0.2, 0.25) is 0 Å². The minimum atomic E-state index is -0.250. The van der Waals surface area contributed by atoms with Gasteiger partial charge in [0.1, 0.15) is 11.6 Å². The van der Waals surface area contributed by atoms with Crippen LogP contribution in [0, 0.1) is 13.8 Å². The monoisotopic (exact) mass is 319 g/mol. The maximum absolute atomic E-state index is 12.6. The summed E-state index contributed by atoms with van der Waals surface area (Å²) in [7, 11) is 0. The summed E-state index contributed by atoms with van der Waals surface area (Å²) in [5.41, 5.74) is 1.68. The molecule has 0 saturated carbocycles. The maximum atomic E-state index is 12.6. The van der Waals surface area contributed by atoms with Crippen molar-refractivity contribution in [2.45, 2.75) is 39.2 Å². The third-order valence-corrected chi connectivity index (χ3v) is 5.30. The zero-order valence-corrected chi connectivity index (χ0v) is 13.8. The van der Waals surface area contributed by atoms with Gasteiger partial charge in [0.15, 0.2) is 0 Å². The summed E-state index contributed by atoms with van der Waals surface area (Å²) in [4.78, 5) is 13.7. The van der Waals surface area contributed by atoms with Gasteiger partial charge in [-0.15, -0.1) is 11.3 Å². The van der Waals surface area contributed by atoms with Gasteiger partial charge in [-0.1, -0.05) is 0 Å². The minimum Gasteiger partial charge on any atom is -0.459 e. The molecule has 0 amide bonds. The van der Waals surface area contributed by atoms with Gasteiger partial charge in [0.25, 0.3) is 0 Å². The molecule has 1 saturated heterocycles. The van der Waals surface area contributed by atoms with Crippen LogP contribution in [0.15, 0.2) is 24.5 Å². The number of carbonyl (C=O) groups is 1. The SMILES string of the molecule is Cc1sc(-n2cccc2)c(C(=O)OC[C@@H]2CCCCO2)c1C. The largest absolute Gasteiger partial charge is 0.459 e. The molecule has 118 valence electrons. The highest BCUT2D eigenvalue weighted by atomic mass is 32.1. The zero-order valence-electron chi connectivity index (χ0n) is 13.0. The predicted molar refractivity (Wildman–Crippen MR) is 87.0 cm³/mol. The normalized spacial score (nSPS) is 18.4. The molecule has 4 nitrogen and oxygen atoms in total. The summed E-state index contributed by atoms with van der Waals surface area (Å²) >= 11 is 1.62. The van der Waals surface area contributed by atoms with Crippen LogP contribution in [-0.2, 0) is 9.47 Å². The first kappa shape index (κ1) is 15.3. The van der Waals surface area contributed by atoms with E-state index in [1.54, 1.807) is 11.3 Å². The average Bonchev–Trinajstić information content (AvgIpc) is 3.15. The Hall–Kier alpha value is -1.59. The van der Waals surface area contributed by atoms with Crippen LogP contribution >= 0.6 is 11.3 Å². The molecule has 3 heterocycles. The first-order valence-electron chi connectivity index (χ1n) is 7.69. The lowest BCUT2D eigenvalue weighted by Gasteiger charge is -2.22. The van der Waals surface area contributed by atoms with Gasteiger partial charge in [-0.3, -0.25) is 0 Å². The molecule has 0 unspecified atom stereocenters. The van der Waals surface area contributed by atoms with Gasteiger partial charge in [-0.2, -0.15) is 0 Å². The smallest absolute Gasteiger partial charge is 0.341 e. The molecule has 1 atom stereocenters. The fourth-order valence-electron chi connectivity index (χ4n) is 2.68. The van der Waals surface area contributed by atoms with Crippen molar-refractivity contribution in [2.24, 2.45) is 0 Å². The summed E-state index contributed by atoms with van der Waals surface area (Å²) in [6.07, 6.45) is 7.17. The van der Waals surface area contributed by atoms with Gasteiger partial charge in [0, 0.05) is 23.9 Å². The van der Waals surface area contributed by atoms with Crippen molar-refractivity contribution in [3.8, 4) is 5.00 Å². The molecule has 3 rings (SSSR count). The van der Waals surface area contributed by atoms with Crippen molar-refractivity contribution < 1.29 is 14.3 Å². The average molecular weight is 319 g/mol. The van der Waals surface area contributed by atoms with E-state index in [0.717, 1.165) is 41.3 Å². The van der Waals surface area contributed by atoms with Crippen LogP contribution in [0.1, 0.15) is 40.1 Å². The fourth-order valence-corrected chi connectivity index (χ4v) is 3.79. The summed E-state index contributed by atoms with van der Waals surface area (Å²) in [5, 5.41) is 0.926. The maximum Gasteiger partial charge on any atom is 0.341 e. The van der Waals surface area contributed by atoms with E-state index >= 15 is 0 Å². The van der Waals surface area contributed by atoms with Gasteiger partial charge in [-0.05, 0) is 50.8 Å². The number of carbonyl (C=O) groups excluding carboxylic acids is 1. The second kappa shape index (κ2) is 6.67. The van der Waals surface area contributed by atoms with E-state index in [1.807, 2.05) is 42.9 Å². The standard InChI is InChI=1S/C17H21NO3S/c1-12-13(2)22-16(18-8-4-5-9-18)15(12)17(19)21-11-14-7-3-6-10-20-14/h4-5,8-9,14H,3,6-7,10-11H2,1-2H3/t14-/m0/s1. The molecule has 0 N–H and O–H groups in total. The third-order valence-electron chi connectivity index (χ3n) is 4.08. The van der Waals surface area contributed by atoms with Crippen LogP contribution < -0.4 is 0 Å². The van der Waals surface area contributed by atoms with E-state index in [4.69, 9.17) is 9.47 Å². The van der Waals surface area contributed by atoms with E-state index in [0.29, 0.717) is 12.2 Å². The molecule has 2 aromatic rings. The van der Waals surface area contributed by atoms with Crippen LogP contribution in [0.4, 0.5) is 0 Å². The molecule has 1 aliphatic rings. The Balaban J connectivity index is 1.77. The van der Waals surface area contributed by atoms with E-state index < -0.39 is 0 Å². The van der Waals surface area contributed by atoms with E-state index in [-0.39, 0.29) is 12.1 Å². The summed E-state index contributed by atoms with van der Waals surface area (Å²) in [6.45, 7) is 5.13. The topological polar surface area (TPSA) is 40.5 Å². The predicted octanol–water partition coefficient (Wildman–Crippen LogP) is 3.88. The number of hydrogen-bond acceptors (Lipinski definition) is 4. The van der Waals surface area contributed by atoms with Crippen molar-refractivity contribution in [2.75, 3.05) is 13.2 Å². The van der Waals surface area contributed by atoms with E-state index in [1.165, 1.54) is 0 Å². The first-order chi connectivity index (χ1) is 10.7.